The lowest BCUT2D eigenvalue weighted by Gasteiger charge is -2.18. The third kappa shape index (κ3) is 3.80. The summed E-state index contributed by atoms with van der Waals surface area (Å²) in [7, 11) is 0. The van der Waals surface area contributed by atoms with Crippen LogP contribution in [0.3, 0.4) is 0 Å². The van der Waals surface area contributed by atoms with Crippen molar-refractivity contribution in [3.63, 3.8) is 0 Å². The fraction of sp³-hybridized carbons (Fsp3) is 0.250. The Morgan fingerprint density at radius 2 is 1.84 bits per heavy atom. The van der Waals surface area contributed by atoms with Crippen molar-refractivity contribution >= 4 is 27.5 Å². The highest BCUT2D eigenvalue weighted by molar-refractivity contribution is 9.10. The van der Waals surface area contributed by atoms with Crippen LogP contribution in [0.5, 0.6) is 0 Å². The van der Waals surface area contributed by atoms with Crippen LogP contribution in [0.25, 0.3) is 0 Å². The molecule has 0 nitrogen and oxygen atoms in total. The molecular formula is C16H15BrClF. The van der Waals surface area contributed by atoms with Crippen LogP contribution < -0.4 is 0 Å². The molecule has 19 heavy (non-hydrogen) atoms. The Kier molecular flexibility index (Phi) is 5.00. The maximum absolute atomic E-state index is 13.2. The number of hydrogen-bond acceptors (Lipinski definition) is 0. The zero-order valence-corrected chi connectivity index (χ0v) is 13.0. The van der Waals surface area contributed by atoms with Gasteiger partial charge in [-0.3, -0.25) is 0 Å². The van der Waals surface area contributed by atoms with Crippen LogP contribution in [0, 0.1) is 11.7 Å². The van der Waals surface area contributed by atoms with Crippen molar-refractivity contribution in [2.24, 2.45) is 5.92 Å². The Hall–Kier alpha value is -0.860. The van der Waals surface area contributed by atoms with Gasteiger partial charge in [0.15, 0.2) is 0 Å². The van der Waals surface area contributed by atoms with Crippen LogP contribution in [0.4, 0.5) is 4.39 Å². The number of rotatable bonds is 4. The van der Waals surface area contributed by atoms with Crippen molar-refractivity contribution in [1.82, 2.24) is 0 Å². The first-order valence-electron chi connectivity index (χ1n) is 6.21. The molecule has 2 aromatic rings. The summed E-state index contributed by atoms with van der Waals surface area (Å²) in [4.78, 5) is 0. The molecule has 2 aromatic carbocycles. The number of halogens is 3. The second kappa shape index (κ2) is 6.53. The van der Waals surface area contributed by atoms with E-state index in [2.05, 4.69) is 22.9 Å². The standard InChI is InChI=1S/C16H15BrClF/c1-11(16(18)13-5-3-2-4-6-13)9-12-7-8-15(19)14(17)10-12/h2-8,10-11,16H,9H2,1H3. The van der Waals surface area contributed by atoms with E-state index in [-0.39, 0.29) is 17.1 Å². The Bertz CT molecular complexity index is 542. The van der Waals surface area contributed by atoms with Crippen molar-refractivity contribution < 1.29 is 4.39 Å². The molecule has 0 aliphatic carbocycles. The molecule has 100 valence electrons. The fourth-order valence-electron chi connectivity index (χ4n) is 2.11. The molecule has 0 aliphatic rings. The third-order valence-corrected chi connectivity index (χ3v) is 4.45. The molecular weight excluding hydrogens is 327 g/mol. The van der Waals surface area contributed by atoms with E-state index in [1.807, 2.05) is 42.5 Å². The zero-order valence-electron chi connectivity index (χ0n) is 10.6. The van der Waals surface area contributed by atoms with Gasteiger partial charge >= 0.3 is 0 Å². The van der Waals surface area contributed by atoms with E-state index >= 15 is 0 Å². The monoisotopic (exact) mass is 340 g/mol. The van der Waals surface area contributed by atoms with E-state index in [9.17, 15) is 4.39 Å². The van der Waals surface area contributed by atoms with Crippen LogP contribution in [0.1, 0.15) is 23.4 Å². The molecule has 0 aromatic heterocycles. The Labute approximate surface area is 126 Å². The normalized spacial score (nSPS) is 14.1. The van der Waals surface area contributed by atoms with Gasteiger partial charge in [0.2, 0.25) is 0 Å². The lowest BCUT2D eigenvalue weighted by molar-refractivity contribution is 0.556. The van der Waals surface area contributed by atoms with Gasteiger partial charge in [0.1, 0.15) is 5.82 Å². The SMILES string of the molecule is CC(Cc1ccc(F)c(Br)c1)C(Cl)c1ccccc1. The molecule has 0 saturated carbocycles. The molecule has 3 heteroatoms. The average molecular weight is 342 g/mol. The summed E-state index contributed by atoms with van der Waals surface area (Å²) >= 11 is 9.70. The van der Waals surface area contributed by atoms with Gasteiger partial charge in [-0.1, -0.05) is 43.3 Å². The molecule has 0 amide bonds. The molecule has 0 fully saturated rings. The number of alkyl halides is 1. The zero-order chi connectivity index (χ0) is 13.8. The quantitative estimate of drug-likeness (QED) is 0.621. The van der Waals surface area contributed by atoms with Gasteiger partial charge in [0.25, 0.3) is 0 Å². The maximum atomic E-state index is 13.2. The van der Waals surface area contributed by atoms with Gasteiger partial charge in [-0.2, -0.15) is 0 Å². The summed E-state index contributed by atoms with van der Waals surface area (Å²) in [6, 6.07) is 15.2. The molecule has 0 saturated heterocycles. The topological polar surface area (TPSA) is 0 Å². The highest BCUT2D eigenvalue weighted by Gasteiger charge is 2.17. The molecule has 2 atom stereocenters. The summed E-state index contributed by atoms with van der Waals surface area (Å²) in [5, 5.41) is -0.0370. The van der Waals surface area contributed by atoms with Gasteiger partial charge in [-0.25, -0.2) is 4.39 Å². The highest BCUT2D eigenvalue weighted by Crippen LogP contribution is 2.31. The van der Waals surface area contributed by atoms with E-state index < -0.39 is 0 Å². The summed E-state index contributed by atoms with van der Waals surface area (Å²) in [5.74, 6) is 0.0447. The number of hydrogen-bond donors (Lipinski definition) is 0. The average Bonchev–Trinajstić information content (AvgIpc) is 2.43. The first-order chi connectivity index (χ1) is 9.08. The van der Waals surface area contributed by atoms with Crippen LogP contribution in [0.2, 0.25) is 0 Å². The van der Waals surface area contributed by atoms with Crippen molar-refractivity contribution in [3.05, 3.63) is 69.9 Å². The van der Waals surface area contributed by atoms with E-state index in [1.165, 1.54) is 6.07 Å². The molecule has 0 heterocycles. The molecule has 0 N–H and O–H groups in total. The van der Waals surface area contributed by atoms with Crippen LogP contribution >= 0.6 is 27.5 Å². The largest absolute Gasteiger partial charge is 0.206 e. The van der Waals surface area contributed by atoms with E-state index in [0.717, 1.165) is 17.5 Å². The van der Waals surface area contributed by atoms with Gasteiger partial charge in [-0.05, 0) is 51.5 Å². The van der Waals surface area contributed by atoms with Gasteiger partial charge < -0.3 is 0 Å². The summed E-state index contributed by atoms with van der Waals surface area (Å²) in [6.07, 6.45) is 0.821. The van der Waals surface area contributed by atoms with E-state index in [0.29, 0.717) is 4.47 Å². The van der Waals surface area contributed by atoms with Gasteiger partial charge in [0.05, 0.1) is 9.85 Å². The Morgan fingerprint density at radius 3 is 2.47 bits per heavy atom. The number of benzene rings is 2. The highest BCUT2D eigenvalue weighted by atomic mass is 79.9. The molecule has 0 bridgehead atoms. The maximum Gasteiger partial charge on any atom is 0.137 e. The lowest BCUT2D eigenvalue weighted by Crippen LogP contribution is -2.07. The van der Waals surface area contributed by atoms with Crippen molar-refractivity contribution in [1.29, 1.82) is 0 Å². The van der Waals surface area contributed by atoms with E-state index in [4.69, 9.17) is 11.6 Å². The van der Waals surface area contributed by atoms with Gasteiger partial charge in [0, 0.05) is 0 Å². The molecule has 0 spiro atoms. The van der Waals surface area contributed by atoms with Crippen molar-refractivity contribution in [2.45, 2.75) is 18.7 Å². The molecule has 0 radical (unpaired) electrons. The smallest absolute Gasteiger partial charge is 0.137 e. The third-order valence-electron chi connectivity index (χ3n) is 3.16. The van der Waals surface area contributed by atoms with Crippen LogP contribution in [-0.2, 0) is 6.42 Å². The fourth-order valence-corrected chi connectivity index (χ4v) is 2.77. The Morgan fingerprint density at radius 1 is 1.16 bits per heavy atom. The minimum Gasteiger partial charge on any atom is -0.206 e. The summed E-state index contributed by atoms with van der Waals surface area (Å²) < 4.78 is 13.7. The second-order valence-electron chi connectivity index (χ2n) is 4.74. The van der Waals surface area contributed by atoms with E-state index in [1.54, 1.807) is 0 Å². The van der Waals surface area contributed by atoms with Crippen LogP contribution in [0.15, 0.2) is 53.0 Å². The second-order valence-corrected chi connectivity index (χ2v) is 6.07. The Balaban J connectivity index is 2.08. The molecule has 2 rings (SSSR count). The minimum absolute atomic E-state index is 0.0370. The van der Waals surface area contributed by atoms with Gasteiger partial charge in [-0.15, -0.1) is 11.6 Å². The first kappa shape index (κ1) is 14.5. The van der Waals surface area contributed by atoms with Crippen LogP contribution in [-0.4, -0.2) is 0 Å². The van der Waals surface area contributed by atoms with Crippen molar-refractivity contribution in [3.8, 4) is 0 Å². The predicted octanol–water partition coefficient (Wildman–Crippen LogP) is 5.75. The minimum atomic E-state index is -0.234. The lowest BCUT2D eigenvalue weighted by atomic mass is 9.94. The predicted molar refractivity (Wildman–Crippen MR) is 82.0 cm³/mol. The molecule has 2 unspecified atom stereocenters. The summed E-state index contributed by atoms with van der Waals surface area (Å²) in [5.41, 5.74) is 2.21. The van der Waals surface area contributed by atoms with Crippen molar-refractivity contribution in [2.75, 3.05) is 0 Å². The molecule has 0 aliphatic heterocycles. The summed E-state index contributed by atoms with van der Waals surface area (Å²) in [6.45, 7) is 2.11. The first-order valence-corrected chi connectivity index (χ1v) is 7.44.